The number of rotatable bonds is 3. The topological polar surface area (TPSA) is 39.2 Å². The molecule has 0 aliphatic rings. The van der Waals surface area contributed by atoms with Crippen molar-refractivity contribution in [2.24, 2.45) is 0 Å². The lowest BCUT2D eigenvalue weighted by molar-refractivity contribution is -0.137. The van der Waals surface area contributed by atoms with Crippen LogP contribution in [0.2, 0.25) is 0 Å². The average molecular weight is 256 g/mol. The number of hydrogen-bond acceptors (Lipinski definition) is 3. The number of nitrogens with zero attached hydrogens (tertiary/aromatic N) is 1. The average Bonchev–Trinajstić information content (AvgIpc) is 2.17. The van der Waals surface area contributed by atoms with Crippen LogP contribution in [0.25, 0.3) is 6.08 Å². The Morgan fingerprint density at radius 2 is 2.50 bits per heavy atom. The molecule has 4 heteroatoms. The number of ether oxygens (including phenoxy) is 1. The lowest BCUT2D eigenvalue weighted by Crippen LogP contribution is -1.98. The number of pyridine rings is 1. The van der Waals surface area contributed by atoms with E-state index in [0.29, 0.717) is 11.2 Å². The molecule has 14 heavy (non-hydrogen) atoms. The van der Waals surface area contributed by atoms with Crippen LogP contribution >= 0.6 is 15.9 Å². The number of hydrogen-bond donors (Lipinski definition) is 0. The Kier molecular flexibility index (Phi) is 4.32. The normalized spacial score (nSPS) is 10.4. The molecule has 0 atom stereocenters. The molecule has 1 rings (SSSR count). The summed E-state index contributed by atoms with van der Waals surface area (Å²) in [6, 6.07) is 3.66. The predicted molar refractivity (Wildman–Crippen MR) is 57.6 cm³/mol. The highest BCUT2D eigenvalue weighted by Gasteiger charge is 1.97. The van der Waals surface area contributed by atoms with Gasteiger partial charge in [0.05, 0.1) is 6.61 Å². The zero-order valence-corrected chi connectivity index (χ0v) is 9.32. The first kappa shape index (κ1) is 10.9. The van der Waals surface area contributed by atoms with Crippen molar-refractivity contribution in [1.82, 2.24) is 4.98 Å². The van der Waals surface area contributed by atoms with Crippen LogP contribution in [0, 0.1) is 0 Å². The van der Waals surface area contributed by atoms with Crippen molar-refractivity contribution >= 4 is 28.0 Å². The largest absolute Gasteiger partial charge is 0.463 e. The van der Waals surface area contributed by atoms with E-state index < -0.39 is 0 Å². The summed E-state index contributed by atoms with van der Waals surface area (Å²) in [4.78, 5) is 15.0. The standard InChI is InChI=1S/C10H10BrNO2/c1-2-14-9(13)6-5-8-4-3-7-12-10(8)11/h3-7H,2H2,1H3/b6-5+. The summed E-state index contributed by atoms with van der Waals surface area (Å²) < 4.78 is 5.45. The molecule has 0 amide bonds. The molecule has 1 aromatic rings. The number of carbonyl (C=O) groups is 1. The van der Waals surface area contributed by atoms with Gasteiger partial charge in [0.1, 0.15) is 4.60 Å². The fraction of sp³-hybridized carbons (Fsp3) is 0.200. The van der Waals surface area contributed by atoms with Gasteiger partial charge in [-0.25, -0.2) is 9.78 Å². The number of aromatic nitrogens is 1. The molecule has 74 valence electrons. The van der Waals surface area contributed by atoms with Gasteiger partial charge < -0.3 is 4.74 Å². The van der Waals surface area contributed by atoms with Crippen molar-refractivity contribution in [1.29, 1.82) is 0 Å². The Bertz CT molecular complexity index is 350. The van der Waals surface area contributed by atoms with Crippen LogP contribution in [-0.4, -0.2) is 17.6 Å². The molecular formula is C10H10BrNO2. The summed E-state index contributed by atoms with van der Waals surface area (Å²) >= 11 is 3.27. The van der Waals surface area contributed by atoms with Crippen molar-refractivity contribution in [2.75, 3.05) is 6.61 Å². The highest BCUT2D eigenvalue weighted by molar-refractivity contribution is 9.10. The van der Waals surface area contributed by atoms with Crippen LogP contribution in [0.3, 0.4) is 0 Å². The second kappa shape index (κ2) is 5.54. The molecule has 1 heterocycles. The van der Waals surface area contributed by atoms with Gasteiger partial charge in [-0.05, 0) is 35.0 Å². The summed E-state index contributed by atoms with van der Waals surface area (Å²) in [6.07, 6.45) is 4.71. The van der Waals surface area contributed by atoms with E-state index in [1.807, 2.05) is 6.07 Å². The van der Waals surface area contributed by atoms with E-state index in [1.165, 1.54) is 6.08 Å². The van der Waals surface area contributed by atoms with Crippen LogP contribution in [-0.2, 0) is 9.53 Å². The third-order valence-electron chi connectivity index (χ3n) is 1.47. The monoisotopic (exact) mass is 255 g/mol. The van der Waals surface area contributed by atoms with E-state index in [1.54, 1.807) is 25.3 Å². The van der Waals surface area contributed by atoms with E-state index in [-0.39, 0.29) is 5.97 Å². The van der Waals surface area contributed by atoms with Gasteiger partial charge in [0.15, 0.2) is 0 Å². The van der Waals surface area contributed by atoms with Gasteiger partial charge in [-0.3, -0.25) is 0 Å². The first-order valence-corrected chi connectivity index (χ1v) is 4.98. The number of carbonyl (C=O) groups excluding carboxylic acids is 1. The third kappa shape index (κ3) is 3.30. The van der Waals surface area contributed by atoms with Crippen LogP contribution in [0.4, 0.5) is 0 Å². The molecule has 0 N–H and O–H groups in total. The predicted octanol–water partition coefficient (Wildman–Crippen LogP) is 2.42. The van der Waals surface area contributed by atoms with Crippen LogP contribution < -0.4 is 0 Å². The van der Waals surface area contributed by atoms with Crippen LogP contribution in [0.15, 0.2) is 29.0 Å². The molecule has 0 saturated heterocycles. The molecule has 1 aromatic heterocycles. The van der Waals surface area contributed by atoms with Gasteiger partial charge in [0, 0.05) is 17.8 Å². The zero-order valence-electron chi connectivity index (χ0n) is 7.74. The second-order valence-corrected chi connectivity index (χ2v) is 3.22. The molecule has 0 bridgehead atoms. The van der Waals surface area contributed by atoms with Crippen molar-refractivity contribution in [3.63, 3.8) is 0 Å². The van der Waals surface area contributed by atoms with Crippen molar-refractivity contribution in [3.8, 4) is 0 Å². The molecule has 0 radical (unpaired) electrons. The van der Waals surface area contributed by atoms with E-state index in [0.717, 1.165) is 5.56 Å². The maximum absolute atomic E-state index is 11.0. The maximum atomic E-state index is 11.0. The minimum absolute atomic E-state index is 0.344. The summed E-state index contributed by atoms with van der Waals surface area (Å²) in [5, 5.41) is 0. The number of halogens is 1. The van der Waals surface area contributed by atoms with Gasteiger partial charge >= 0.3 is 5.97 Å². The molecular weight excluding hydrogens is 246 g/mol. The Labute approximate surface area is 90.9 Å². The van der Waals surface area contributed by atoms with Crippen molar-refractivity contribution in [2.45, 2.75) is 6.92 Å². The Balaban J connectivity index is 2.69. The van der Waals surface area contributed by atoms with Crippen molar-refractivity contribution < 1.29 is 9.53 Å². The zero-order chi connectivity index (χ0) is 10.4. The van der Waals surface area contributed by atoms with Crippen LogP contribution in [0.5, 0.6) is 0 Å². The first-order chi connectivity index (χ1) is 6.74. The van der Waals surface area contributed by atoms with Crippen molar-refractivity contribution in [3.05, 3.63) is 34.6 Å². The van der Waals surface area contributed by atoms with Gasteiger partial charge in [0.25, 0.3) is 0 Å². The number of esters is 1. The molecule has 0 spiro atoms. The van der Waals surface area contributed by atoms with Gasteiger partial charge in [-0.1, -0.05) is 6.07 Å². The van der Waals surface area contributed by atoms with Gasteiger partial charge in [0.2, 0.25) is 0 Å². The fourth-order valence-corrected chi connectivity index (χ4v) is 1.25. The van der Waals surface area contributed by atoms with E-state index >= 15 is 0 Å². The fourth-order valence-electron chi connectivity index (χ4n) is 0.871. The maximum Gasteiger partial charge on any atom is 0.330 e. The summed E-state index contributed by atoms with van der Waals surface area (Å²) in [7, 11) is 0. The van der Waals surface area contributed by atoms with Gasteiger partial charge in [-0.2, -0.15) is 0 Å². The van der Waals surface area contributed by atoms with Crippen LogP contribution in [0.1, 0.15) is 12.5 Å². The molecule has 0 aromatic carbocycles. The highest BCUT2D eigenvalue weighted by atomic mass is 79.9. The lowest BCUT2D eigenvalue weighted by Gasteiger charge is -1.96. The molecule has 0 aliphatic carbocycles. The smallest absolute Gasteiger partial charge is 0.330 e. The Hall–Kier alpha value is -1.16. The Morgan fingerprint density at radius 1 is 1.71 bits per heavy atom. The molecule has 0 aliphatic heterocycles. The third-order valence-corrected chi connectivity index (χ3v) is 2.14. The van der Waals surface area contributed by atoms with E-state index in [2.05, 4.69) is 20.9 Å². The summed E-state index contributed by atoms with van der Waals surface area (Å²) in [6.45, 7) is 2.16. The van der Waals surface area contributed by atoms with E-state index in [9.17, 15) is 4.79 Å². The quantitative estimate of drug-likeness (QED) is 0.473. The lowest BCUT2D eigenvalue weighted by atomic mass is 10.2. The molecule has 0 saturated carbocycles. The van der Waals surface area contributed by atoms with E-state index in [4.69, 9.17) is 4.74 Å². The Morgan fingerprint density at radius 3 is 3.14 bits per heavy atom. The second-order valence-electron chi connectivity index (χ2n) is 2.47. The molecule has 0 fully saturated rings. The SMILES string of the molecule is CCOC(=O)/C=C/c1cccnc1Br. The van der Waals surface area contributed by atoms with Gasteiger partial charge in [-0.15, -0.1) is 0 Å². The minimum atomic E-state index is -0.344. The summed E-state index contributed by atoms with van der Waals surface area (Å²) in [5.74, 6) is -0.344. The summed E-state index contributed by atoms with van der Waals surface area (Å²) in [5.41, 5.74) is 0.848. The first-order valence-electron chi connectivity index (χ1n) is 4.19. The minimum Gasteiger partial charge on any atom is -0.463 e. The highest BCUT2D eigenvalue weighted by Crippen LogP contribution is 2.13. The molecule has 3 nitrogen and oxygen atoms in total. The molecule has 0 unspecified atom stereocenters.